The Labute approximate surface area is 177 Å². The van der Waals surface area contributed by atoms with E-state index in [-0.39, 0.29) is 0 Å². The van der Waals surface area contributed by atoms with Gasteiger partial charge >= 0.3 is 0 Å². The second-order valence-electron chi connectivity index (χ2n) is 10.3. The van der Waals surface area contributed by atoms with Crippen LogP contribution >= 0.6 is 0 Å². The lowest BCUT2D eigenvalue weighted by Crippen LogP contribution is -2.43. The van der Waals surface area contributed by atoms with Crippen molar-refractivity contribution in [3.8, 4) is 0 Å². The van der Waals surface area contributed by atoms with Crippen LogP contribution in [0.1, 0.15) is 70.4 Å². The number of likely N-dealkylation sites (tertiary alicyclic amines) is 2. The van der Waals surface area contributed by atoms with E-state index in [0.717, 1.165) is 24.4 Å². The SMILES string of the molecule is CC(C)[C@H]1CC[C@@H](N2CCC(n3cc(CN4CCC4)c4ccccc43)CC2)CC1. The Balaban J connectivity index is 1.24. The van der Waals surface area contributed by atoms with Crippen LogP contribution in [0, 0.1) is 11.8 Å². The van der Waals surface area contributed by atoms with Crippen molar-refractivity contribution in [3.05, 3.63) is 36.0 Å². The lowest BCUT2D eigenvalue weighted by Gasteiger charge is -2.42. The minimum absolute atomic E-state index is 0.674. The minimum atomic E-state index is 0.674. The lowest BCUT2D eigenvalue weighted by molar-refractivity contribution is 0.0893. The quantitative estimate of drug-likeness (QED) is 0.646. The van der Waals surface area contributed by atoms with Crippen LogP contribution in [0.2, 0.25) is 0 Å². The molecule has 2 saturated heterocycles. The Bertz CT molecular complexity index is 802. The zero-order valence-electron chi connectivity index (χ0n) is 18.5. The third-order valence-corrected chi connectivity index (χ3v) is 8.26. The van der Waals surface area contributed by atoms with E-state index in [2.05, 4.69) is 58.7 Å². The van der Waals surface area contributed by atoms with Gasteiger partial charge in [-0.1, -0.05) is 32.0 Å². The molecular formula is C26H39N3. The van der Waals surface area contributed by atoms with Gasteiger partial charge in [-0.25, -0.2) is 0 Å². The highest BCUT2D eigenvalue weighted by atomic mass is 15.2. The molecule has 1 aromatic heterocycles. The van der Waals surface area contributed by atoms with E-state index >= 15 is 0 Å². The highest BCUT2D eigenvalue weighted by Gasteiger charge is 2.30. The predicted molar refractivity (Wildman–Crippen MR) is 122 cm³/mol. The summed E-state index contributed by atoms with van der Waals surface area (Å²) in [6.45, 7) is 11.1. The van der Waals surface area contributed by atoms with Crippen molar-refractivity contribution in [2.75, 3.05) is 26.2 Å². The summed E-state index contributed by atoms with van der Waals surface area (Å²) >= 11 is 0. The zero-order chi connectivity index (χ0) is 19.8. The van der Waals surface area contributed by atoms with Gasteiger partial charge in [0.25, 0.3) is 0 Å². The number of rotatable bonds is 5. The first-order chi connectivity index (χ1) is 14.2. The molecule has 0 unspecified atom stereocenters. The number of nitrogens with zero attached hydrogens (tertiary/aromatic N) is 3. The Morgan fingerprint density at radius 1 is 0.862 bits per heavy atom. The van der Waals surface area contributed by atoms with Crippen LogP contribution in [0.25, 0.3) is 10.9 Å². The normalized spacial score (nSPS) is 27.6. The molecule has 29 heavy (non-hydrogen) atoms. The molecule has 1 aliphatic carbocycles. The van der Waals surface area contributed by atoms with Crippen molar-refractivity contribution in [2.45, 2.75) is 77.4 Å². The molecule has 2 aromatic rings. The van der Waals surface area contributed by atoms with E-state index in [1.54, 1.807) is 0 Å². The summed E-state index contributed by atoms with van der Waals surface area (Å²) in [5, 5.41) is 1.48. The van der Waals surface area contributed by atoms with Gasteiger partial charge in [0.1, 0.15) is 0 Å². The predicted octanol–water partition coefficient (Wildman–Crippen LogP) is 5.70. The molecule has 3 fully saturated rings. The summed E-state index contributed by atoms with van der Waals surface area (Å²) in [6, 6.07) is 10.6. The molecule has 0 spiro atoms. The Hall–Kier alpha value is -1.32. The van der Waals surface area contributed by atoms with Crippen LogP contribution in [0.4, 0.5) is 0 Å². The Morgan fingerprint density at radius 3 is 2.24 bits per heavy atom. The maximum atomic E-state index is 2.83. The largest absolute Gasteiger partial charge is 0.344 e. The smallest absolute Gasteiger partial charge is 0.0486 e. The second kappa shape index (κ2) is 8.43. The molecule has 2 aliphatic heterocycles. The summed E-state index contributed by atoms with van der Waals surface area (Å²) < 4.78 is 2.64. The van der Waals surface area contributed by atoms with E-state index in [4.69, 9.17) is 0 Å². The fourth-order valence-corrected chi connectivity index (χ4v) is 6.15. The number of hydrogen-bond acceptors (Lipinski definition) is 2. The fourth-order valence-electron chi connectivity index (χ4n) is 6.15. The fraction of sp³-hybridized carbons (Fsp3) is 0.692. The topological polar surface area (TPSA) is 11.4 Å². The molecule has 3 nitrogen and oxygen atoms in total. The first-order valence-electron chi connectivity index (χ1n) is 12.2. The first-order valence-corrected chi connectivity index (χ1v) is 12.2. The number of piperidine rings is 1. The van der Waals surface area contributed by atoms with Gasteiger partial charge in [0.15, 0.2) is 0 Å². The van der Waals surface area contributed by atoms with Gasteiger partial charge in [-0.2, -0.15) is 0 Å². The van der Waals surface area contributed by atoms with Crippen molar-refractivity contribution < 1.29 is 0 Å². The maximum Gasteiger partial charge on any atom is 0.0486 e. The van der Waals surface area contributed by atoms with Crippen molar-refractivity contribution in [3.63, 3.8) is 0 Å². The molecule has 3 heterocycles. The number of benzene rings is 1. The molecule has 3 heteroatoms. The lowest BCUT2D eigenvalue weighted by atomic mass is 9.79. The average Bonchev–Trinajstić information content (AvgIpc) is 3.10. The maximum absolute atomic E-state index is 2.83. The summed E-state index contributed by atoms with van der Waals surface area (Å²) in [5.74, 6) is 1.84. The molecule has 5 rings (SSSR count). The molecule has 3 aliphatic rings. The summed E-state index contributed by atoms with van der Waals surface area (Å²) in [4.78, 5) is 5.42. The van der Waals surface area contributed by atoms with Crippen LogP contribution in [-0.2, 0) is 6.54 Å². The van der Waals surface area contributed by atoms with E-state index in [9.17, 15) is 0 Å². The van der Waals surface area contributed by atoms with E-state index in [1.165, 1.54) is 87.6 Å². The van der Waals surface area contributed by atoms with Gasteiger partial charge in [0.05, 0.1) is 0 Å². The van der Waals surface area contributed by atoms with E-state index < -0.39 is 0 Å². The minimum Gasteiger partial charge on any atom is -0.344 e. The summed E-state index contributed by atoms with van der Waals surface area (Å²) in [6.07, 6.45) is 12.2. The van der Waals surface area contributed by atoms with Crippen molar-refractivity contribution in [1.29, 1.82) is 0 Å². The highest BCUT2D eigenvalue weighted by Crippen LogP contribution is 2.36. The molecule has 1 saturated carbocycles. The van der Waals surface area contributed by atoms with Crippen molar-refractivity contribution >= 4 is 10.9 Å². The number of hydrogen-bond donors (Lipinski definition) is 0. The third kappa shape index (κ3) is 4.01. The van der Waals surface area contributed by atoms with Crippen molar-refractivity contribution in [1.82, 2.24) is 14.4 Å². The Kier molecular flexibility index (Phi) is 5.71. The molecule has 0 amide bonds. The summed E-state index contributed by atoms with van der Waals surface area (Å²) in [7, 11) is 0. The van der Waals surface area contributed by atoms with Crippen LogP contribution in [0.3, 0.4) is 0 Å². The molecule has 158 valence electrons. The van der Waals surface area contributed by atoms with Gasteiger partial charge in [-0.15, -0.1) is 0 Å². The average molecular weight is 394 g/mol. The zero-order valence-corrected chi connectivity index (χ0v) is 18.5. The van der Waals surface area contributed by atoms with Crippen molar-refractivity contribution in [2.24, 2.45) is 11.8 Å². The number of aromatic nitrogens is 1. The third-order valence-electron chi connectivity index (χ3n) is 8.26. The standard InChI is InChI=1S/C26H39N3/c1-20(2)21-8-10-23(11-9-21)28-16-12-24(13-17-28)29-19-22(18-27-14-5-15-27)25-6-3-4-7-26(25)29/h3-4,6-7,19-21,23-24H,5,8-18H2,1-2H3/t21-,23+. The molecule has 1 aromatic carbocycles. The van der Waals surface area contributed by atoms with E-state index in [0.29, 0.717) is 6.04 Å². The molecular weight excluding hydrogens is 354 g/mol. The van der Waals surface area contributed by atoms with Crippen LogP contribution in [0.15, 0.2) is 30.5 Å². The molecule has 0 radical (unpaired) electrons. The van der Waals surface area contributed by atoms with Crippen LogP contribution in [-0.4, -0.2) is 46.6 Å². The van der Waals surface area contributed by atoms with Gasteiger partial charge in [-0.3, -0.25) is 4.90 Å². The van der Waals surface area contributed by atoms with Crippen LogP contribution in [0.5, 0.6) is 0 Å². The van der Waals surface area contributed by atoms with Gasteiger partial charge in [0.2, 0.25) is 0 Å². The van der Waals surface area contributed by atoms with E-state index in [1.807, 2.05) is 0 Å². The summed E-state index contributed by atoms with van der Waals surface area (Å²) in [5.41, 5.74) is 2.99. The van der Waals surface area contributed by atoms with Crippen LogP contribution < -0.4 is 0 Å². The molecule has 0 N–H and O–H groups in total. The molecule has 0 atom stereocenters. The van der Waals surface area contributed by atoms with Gasteiger partial charge < -0.3 is 9.47 Å². The van der Waals surface area contributed by atoms with Gasteiger partial charge in [0, 0.05) is 48.8 Å². The number of para-hydroxylation sites is 1. The first kappa shape index (κ1) is 19.6. The molecule has 0 bridgehead atoms. The van der Waals surface area contributed by atoms with Gasteiger partial charge in [-0.05, 0) is 81.5 Å². The highest BCUT2D eigenvalue weighted by molar-refractivity contribution is 5.84. The Morgan fingerprint density at radius 2 is 1.59 bits per heavy atom. The number of fused-ring (bicyclic) bond motifs is 1. The second-order valence-corrected chi connectivity index (χ2v) is 10.3. The monoisotopic (exact) mass is 393 g/mol.